The van der Waals surface area contributed by atoms with Crippen LogP contribution in [0.25, 0.3) is 10.4 Å². The van der Waals surface area contributed by atoms with Crippen LogP contribution in [0, 0.1) is 6.92 Å². The van der Waals surface area contributed by atoms with Crippen LogP contribution in [0.3, 0.4) is 0 Å². The molecule has 1 aromatic heterocycles. The van der Waals surface area contributed by atoms with Gasteiger partial charge in [0.1, 0.15) is 6.61 Å². The summed E-state index contributed by atoms with van der Waals surface area (Å²) in [4.78, 5) is 54.3. The van der Waals surface area contributed by atoms with Crippen molar-refractivity contribution in [3.63, 3.8) is 0 Å². The predicted octanol–water partition coefficient (Wildman–Crippen LogP) is 2.80. The Hall–Kier alpha value is -4.74. The van der Waals surface area contributed by atoms with Gasteiger partial charge in [-0.15, -0.1) is 0 Å². The third kappa shape index (κ3) is 5.13. The second-order valence-electron chi connectivity index (χ2n) is 8.10. The molecule has 1 fully saturated rings. The largest absolute Gasteiger partial charge is 0.459 e. The second kappa shape index (κ2) is 10.5. The van der Waals surface area contributed by atoms with E-state index in [1.807, 2.05) is 4.98 Å². The van der Waals surface area contributed by atoms with E-state index in [1.54, 1.807) is 36.4 Å². The number of aromatic nitrogens is 2. The highest BCUT2D eigenvalue weighted by atomic mass is 19.1. The first-order valence-electron chi connectivity index (χ1n) is 10.9. The lowest BCUT2D eigenvalue weighted by Gasteiger charge is -2.28. The summed E-state index contributed by atoms with van der Waals surface area (Å²) in [6, 6.07) is 15.4. The number of carbonyl (C=O) groups is 2. The second-order valence-corrected chi connectivity index (χ2v) is 8.10. The van der Waals surface area contributed by atoms with Crippen molar-refractivity contribution in [1.29, 1.82) is 0 Å². The van der Waals surface area contributed by atoms with Gasteiger partial charge >= 0.3 is 17.6 Å². The lowest BCUT2D eigenvalue weighted by atomic mass is 10.1. The molecule has 0 bridgehead atoms. The number of nitrogens with zero attached hydrogens (tertiary/aromatic N) is 4. The number of hydrogen-bond acceptors (Lipinski definition) is 8. The van der Waals surface area contributed by atoms with E-state index in [1.165, 1.54) is 31.2 Å². The minimum atomic E-state index is -2.39. The number of azide groups is 1. The quantitative estimate of drug-likeness (QED) is 0.221. The van der Waals surface area contributed by atoms with Gasteiger partial charge in [-0.1, -0.05) is 41.5 Å². The van der Waals surface area contributed by atoms with Gasteiger partial charge in [0.25, 0.3) is 5.56 Å². The summed E-state index contributed by atoms with van der Waals surface area (Å²) in [5, 5.41) is 3.52. The fourth-order valence-electron chi connectivity index (χ4n) is 3.77. The molecule has 12 nitrogen and oxygen atoms in total. The van der Waals surface area contributed by atoms with Crippen molar-refractivity contribution in [3.05, 3.63) is 115 Å². The van der Waals surface area contributed by atoms with E-state index in [4.69, 9.17) is 14.2 Å². The van der Waals surface area contributed by atoms with Crippen molar-refractivity contribution in [2.45, 2.75) is 31.2 Å². The minimum absolute atomic E-state index is 0.0602. The van der Waals surface area contributed by atoms with E-state index in [2.05, 4.69) is 10.0 Å². The summed E-state index contributed by atoms with van der Waals surface area (Å²) >= 11 is 0. The van der Waals surface area contributed by atoms with Crippen LogP contribution in [-0.4, -0.2) is 46.1 Å². The molecular weight excluding hydrogens is 489 g/mol. The molecule has 0 aliphatic carbocycles. The Morgan fingerprint density at radius 3 is 2.30 bits per heavy atom. The Labute approximate surface area is 207 Å². The highest BCUT2D eigenvalue weighted by Gasteiger charge is 2.60. The number of aromatic amines is 1. The lowest BCUT2D eigenvalue weighted by Crippen LogP contribution is -2.47. The Bertz CT molecular complexity index is 1470. The molecular formula is C24H20FN5O7. The van der Waals surface area contributed by atoms with E-state index in [-0.39, 0.29) is 16.7 Å². The Morgan fingerprint density at radius 2 is 1.70 bits per heavy atom. The zero-order valence-corrected chi connectivity index (χ0v) is 19.3. The summed E-state index contributed by atoms with van der Waals surface area (Å²) in [6.45, 7) is 0.526. The number of alkyl halides is 1. The Morgan fingerprint density at radius 1 is 1.11 bits per heavy atom. The zero-order chi connectivity index (χ0) is 26.6. The molecule has 1 aliphatic rings. The molecule has 0 amide bonds. The van der Waals surface area contributed by atoms with Gasteiger partial charge in [-0.3, -0.25) is 14.3 Å². The van der Waals surface area contributed by atoms with Crippen LogP contribution in [0.1, 0.15) is 32.5 Å². The molecule has 0 spiro atoms. The number of ether oxygens (including phenoxy) is 3. The molecule has 0 radical (unpaired) electrons. The van der Waals surface area contributed by atoms with Crippen LogP contribution in [0.2, 0.25) is 0 Å². The molecule has 4 rings (SSSR count). The highest BCUT2D eigenvalue weighted by Crippen LogP contribution is 2.42. The Balaban J connectivity index is 1.73. The van der Waals surface area contributed by atoms with E-state index < -0.39 is 54.0 Å². The standard InChI is InChI=1S/C24H20FN5O7/c1-14-12-30(23(34)27-19(14)31)20-17(25)18(36-22(33)16-10-6-3-7-11-16)24(37-20,28-29-26)13-35-21(32)15-8-4-2-5-9-15/h2-12,17-18,20H,13H2,1H3,(H,27,31,34). The van der Waals surface area contributed by atoms with E-state index in [0.717, 1.165) is 10.8 Å². The summed E-state index contributed by atoms with van der Waals surface area (Å²) in [5.41, 5.74) is 5.44. The maximum atomic E-state index is 15.9. The van der Waals surface area contributed by atoms with Crippen molar-refractivity contribution in [3.8, 4) is 0 Å². The van der Waals surface area contributed by atoms with E-state index >= 15 is 4.39 Å². The smallest absolute Gasteiger partial charge is 0.338 e. The first-order valence-corrected chi connectivity index (χ1v) is 10.9. The van der Waals surface area contributed by atoms with Crippen LogP contribution in [0.5, 0.6) is 0 Å². The number of H-pyrrole nitrogens is 1. The van der Waals surface area contributed by atoms with Crippen molar-refractivity contribution >= 4 is 11.9 Å². The summed E-state index contributed by atoms with van der Waals surface area (Å²) in [5.74, 6) is -1.82. The molecule has 1 aliphatic heterocycles. The lowest BCUT2D eigenvalue weighted by molar-refractivity contribution is -0.129. The van der Waals surface area contributed by atoms with Gasteiger partial charge in [0.15, 0.2) is 18.5 Å². The van der Waals surface area contributed by atoms with Gasteiger partial charge in [0.05, 0.1) is 11.1 Å². The number of rotatable bonds is 7. The molecule has 13 heteroatoms. The van der Waals surface area contributed by atoms with Gasteiger partial charge < -0.3 is 14.2 Å². The van der Waals surface area contributed by atoms with Crippen molar-refractivity contribution in [1.82, 2.24) is 9.55 Å². The van der Waals surface area contributed by atoms with Gasteiger partial charge in [-0.2, -0.15) is 0 Å². The van der Waals surface area contributed by atoms with E-state index in [0.29, 0.717) is 0 Å². The van der Waals surface area contributed by atoms with Crippen LogP contribution < -0.4 is 11.2 Å². The summed E-state index contributed by atoms with van der Waals surface area (Å²) < 4.78 is 33.0. The van der Waals surface area contributed by atoms with Gasteiger partial charge in [-0.05, 0) is 36.7 Å². The minimum Gasteiger partial charge on any atom is -0.459 e. The fraction of sp³-hybridized carbons (Fsp3) is 0.250. The van der Waals surface area contributed by atoms with Crippen molar-refractivity contribution in [2.75, 3.05) is 6.61 Å². The van der Waals surface area contributed by atoms with Crippen molar-refractivity contribution in [2.24, 2.45) is 5.11 Å². The number of carbonyl (C=O) groups excluding carboxylic acids is 2. The zero-order valence-electron chi connectivity index (χ0n) is 19.3. The number of halogens is 1. The molecule has 2 aromatic carbocycles. The summed E-state index contributed by atoms with van der Waals surface area (Å²) in [6.07, 6.45) is -4.98. The molecule has 4 atom stereocenters. The molecule has 37 heavy (non-hydrogen) atoms. The molecule has 2 heterocycles. The van der Waals surface area contributed by atoms with Gasteiger partial charge in [0.2, 0.25) is 5.72 Å². The molecule has 3 aromatic rings. The normalized spacial score (nSPS) is 22.6. The number of esters is 2. The van der Waals surface area contributed by atoms with Crippen LogP contribution in [0.15, 0.2) is 81.6 Å². The SMILES string of the molecule is Cc1cn(C2OC(COC(=O)c3ccccc3)(N=[N+]=[N-])C(OC(=O)c3ccccc3)C2F)c(=O)[nH]c1=O. The number of nitrogens with one attached hydrogen (secondary N) is 1. The molecule has 4 unspecified atom stereocenters. The average Bonchev–Trinajstić information content (AvgIpc) is 3.17. The predicted molar refractivity (Wildman–Crippen MR) is 125 cm³/mol. The first kappa shape index (κ1) is 25.4. The number of hydrogen-bond donors (Lipinski definition) is 1. The maximum absolute atomic E-state index is 15.9. The van der Waals surface area contributed by atoms with Crippen LogP contribution >= 0.6 is 0 Å². The average molecular weight is 509 g/mol. The van der Waals surface area contributed by atoms with Gasteiger partial charge in [-0.25, -0.2) is 18.8 Å². The maximum Gasteiger partial charge on any atom is 0.338 e. The van der Waals surface area contributed by atoms with Gasteiger partial charge in [0, 0.05) is 16.7 Å². The Kier molecular flexibility index (Phi) is 7.18. The number of benzene rings is 2. The van der Waals surface area contributed by atoms with Crippen LogP contribution in [-0.2, 0) is 14.2 Å². The molecule has 0 saturated carbocycles. The van der Waals surface area contributed by atoms with Crippen LogP contribution in [0.4, 0.5) is 4.39 Å². The molecule has 1 saturated heterocycles. The topological polar surface area (TPSA) is 165 Å². The molecule has 190 valence electrons. The summed E-state index contributed by atoms with van der Waals surface area (Å²) in [7, 11) is 0. The molecule has 1 N–H and O–H groups in total. The van der Waals surface area contributed by atoms with Crippen molar-refractivity contribution < 1.29 is 28.2 Å². The monoisotopic (exact) mass is 509 g/mol. The third-order valence-corrected chi connectivity index (χ3v) is 5.63. The highest BCUT2D eigenvalue weighted by molar-refractivity contribution is 5.90. The van der Waals surface area contributed by atoms with E-state index in [9.17, 15) is 24.7 Å². The fourth-order valence-corrected chi connectivity index (χ4v) is 3.77. The first-order chi connectivity index (χ1) is 17.8. The number of aryl methyl sites for hydroxylation is 1. The third-order valence-electron chi connectivity index (χ3n) is 5.63.